The van der Waals surface area contributed by atoms with E-state index in [2.05, 4.69) is 34.9 Å². The van der Waals surface area contributed by atoms with Gasteiger partial charge in [0.15, 0.2) is 0 Å². The number of rotatable bonds is 6. The molecular weight excluding hydrogens is 174 g/mol. The third kappa shape index (κ3) is 2.84. The Labute approximate surface area is 86.5 Å². The summed E-state index contributed by atoms with van der Waals surface area (Å²) in [5.41, 5.74) is 0. The highest BCUT2D eigenvalue weighted by Gasteiger charge is 2.08. The molecule has 0 bridgehead atoms. The second kappa shape index (κ2) is 5.81. The van der Waals surface area contributed by atoms with Crippen LogP contribution in [0, 0.1) is 0 Å². The van der Waals surface area contributed by atoms with Crippen LogP contribution < -0.4 is 5.32 Å². The minimum Gasteiger partial charge on any atom is -0.332 e. The van der Waals surface area contributed by atoms with Gasteiger partial charge in [-0.1, -0.05) is 6.92 Å². The maximum atomic E-state index is 4.38. The SMILES string of the molecule is CCCc1nccn1C(C)CCNC. The van der Waals surface area contributed by atoms with Gasteiger partial charge in [0.05, 0.1) is 0 Å². The fraction of sp³-hybridized carbons (Fsp3) is 0.727. The van der Waals surface area contributed by atoms with Crippen molar-refractivity contribution < 1.29 is 0 Å². The summed E-state index contributed by atoms with van der Waals surface area (Å²) in [5, 5.41) is 3.18. The molecule has 1 aromatic rings. The van der Waals surface area contributed by atoms with Crippen LogP contribution in [0.3, 0.4) is 0 Å². The second-order valence-corrected chi connectivity index (χ2v) is 3.74. The molecule has 0 fully saturated rings. The van der Waals surface area contributed by atoms with Crippen molar-refractivity contribution in [1.29, 1.82) is 0 Å². The number of aromatic nitrogens is 2. The van der Waals surface area contributed by atoms with E-state index in [9.17, 15) is 0 Å². The molecule has 0 aliphatic rings. The highest BCUT2D eigenvalue weighted by Crippen LogP contribution is 2.13. The lowest BCUT2D eigenvalue weighted by atomic mass is 10.2. The van der Waals surface area contributed by atoms with Gasteiger partial charge in [-0.2, -0.15) is 0 Å². The second-order valence-electron chi connectivity index (χ2n) is 3.74. The van der Waals surface area contributed by atoms with Crippen LogP contribution in [0.4, 0.5) is 0 Å². The van der Waals surface area contributed by atoms with Crippen molar-refractivity contribution in [2.24, 2.45) is 0 Å². The van der Waals surface area contributed by atoms with Crippen molar-refractivity contribution in [3.05, 3.63) is 18.2 Å². The van der Waals surface area contributed by atoms with Crippen LogP contribution in [0.15, 0.2) is 12.4 Å². The molecule has 1 rings (SSSR count). The van der Waals surface area contributed by atoms with Crippen molar-refractivity contribution >= 4 is 0 Å². The van der Waals surface area contributed by atoms with Crippen LogP contribution in [-0.4, -0.2) is 23.1 Å². The van der Waals surface area contributed by atoms with Gasteiger partial charge in [-0.05, 0) is 33.4 Å². The number of hydrogen-bond acceptors (Lipinski definition) is 2. The Kier molecular flexibility index (Phi) is 4.66. The average Bonchev–Trinajstić information content (AvgIpc) is 2.63. The van der Waals surface area contributed by atoms with Crippen molar-refractivity contribution in [2.45, 2.75) is 39.2 Å². The number of nitrogens with one attached hydrogen (secondary N) is 1. The van der Waals surface area contributed by atoms with Crippen LogP contribution in [0.2, 0.25) is 0 Å². The quantitative estimate of drug-likeness (QED) is 0.752. The summed E-state index contributed by atoms with van der Waals surface area (Å²) < 4.78 is 2.29. The zero-order valence-electron chi connectivity index (χ0n) is 9.45. The summed E-state index contributed by atoms with van der Waals surface area (Å²) in [5.74, 6) is 1.22. The number of nitrogens with zero attached hydrogens (tertiary/aromatic N) is 2. The lowest BCUT2D eigenvalue weighted by Gasteiger charge is -2.15. The Morgan fingerprint density at radius 2 is 2.36 bits per heavy atom. The minimum atomic E-state index is 0.548. The first-order valence-electron chi connectivity index (χ1n) is 5.45. The fourth-order valence-corrected chi connectivity index (χ4v) is 1.65. The molecule has 1 aromatic heterocycles. The summed E-state index contributed by atoms with van der Waals surface area (Å²) >= 11 is 0. The monoisotopic (exact) mass is 195 g/mol. The molecule has 0 aliphatic heterocycles. The molecule has 1 atom stereocenters. The van der Waals surface area contributed by atoms with Gasteiger partial charge in [0.2, 0.25) is 0 Å². The van der Waals surface area contributed by atoms with Crippen LogP contribution in [0.1, 0.15) is 38.6 Å². The van der Waals surface area contributed by atoms with Gasteiger partial charge in [-0.25, -0.2) is 4.98 Å². The first-order chi connectivity index (χ1) is 6.79. The molecule has 0 saturated carbocycles. The van der Waals surface area contributed by atoms with E-state index in [1.54, 1.807) is 0 Å². The van der Waals surface area contributed by atoms with E-state index in [0.29, 0.717) is 6.04 Å². The van der Waals surface area contributed by atoms with Crippen LogP contribution >= 0.6 is 0 Å². The van der Waals surface area contributed by atoms with Crippen molar-refractivity contribution in [3.8, 4) is 0 Å². The largest absolute Gasteiger partial charge is 0.332 e. The van der Waals surface area contributed by atoms with E-state index in [0.717, 1.165) is 25.8 Å². The van der Waals surface area contributed by atoms with E-state index >= 15 is 0 Å². The molecule has 80 valence electrons. The predicted molar refractivity (Wildman–Crippen MR) is 59.5 cm³/mol. The number of imidazole rings is 1. The summed E-state index contributed by atoms with van der Waals surface area (Å²) in [6.45, 7) is 5.50. The van der Waals surface area contributed by atoms with E-state index in [1.807, 2.05) is 13.2 Å². The van der Waals surface area contributed by atoms with Gasteiger partial charge < -0.3 is 9.88 Å². The van der Waals surface area contributed by atoms with E-state index in [4.69, 9.17) is 0 Å². The third-order valence-corrected chi connectivity index (χ3v) is 2.51. The molecule has 1 heterocycles. The number of hydrogen-bond donors (Lipinski definition) is 1. The molecule has 0 radical (unpaired) electrons. The lowest BCUT2D eigenvalue weighted by molar-refractivity contribution is 0.477. The number of aryl methyl sites for hydroxylation is 1. The van der Waals surface area contributed by atoms with Crippen molar-refractivity contribution in [1.82, 2.24) is 14.9 Å². The highest BCUT2D eigenvalue weighted by atomic mass is 15.1. The van der Waals surface area contributed by atoms with Gasteiger partial charge >= 0.3 is 0 Å². The average molecular weight is 195 g/mol. The molecule has 3 nitrogen and oxygen atoms in total. The summed E-state index contributed by atoms with van der Waals surface area (Å²) in [7, 11) is 1.99. The first kappa shape index (κ1) is 11.2. The van der Waals surface area contributed by atoms with E-state index in [1.165, 1.54) is 5.82 Å². The molecule has 3 heteroatoms. The smallest absolute Gasteiger partial charge is 0.108 e. The molecule has 14 heavy (non-hydrogen) atoms. The van der Waals surface area contributed by atoms with Crippen LogP contribution in [-0.2, 0) is 6.42 Å². The Hall–Kier alpha value is -0.830. The molecule has 0 saturated heterocycles. The van der Waals surface area contributed by atoms with E-state index < -0.39 is 0 Å². The molecule has 0 amide bonds. The van der Waals surface area contributed by atoms with Gasteiger partial charge in [-0.15, -0.1) is 0 Å². The van der Waals surface area contributed by atoms with Crippen molar-refractivity contribution in [3.63, 3.8) is 0 Å². The third-order valence-electron chi connectivity index (χ3n) is 2.51. The maximum absolute atomic E-state index is 4.38. The first-order valence-corrected chi connectivity index (χ1v) is 5.45. The fourth-order valence-electron chi connectivity index (χ4n) is 1.65. The molecule has 1 N–H and O–H groups in total. The van der Waals surface area contributed by atoms with Crippen LogP contribution in [0.25, 0.3) is 0 Å². The highest BCUT2D eigenvalue weighted by molar-refractivity contribution is 4.94. The van der Waals surface area contributed by atoms with Gasteiger partial charge in [-0.3, -0.25) is 0 Å². The zero-order chi connectivity index (χ0) is 10.4. The van der Waals surface area contributed by atoms with Crippen molar-refractivity contribution in [2.75, 3.05) is 13.6 Å². The molecule has 0 aliphatic carbocycles. The van der Waals surface area contributed by atoms with Gasteiger partial charge in [0, 0.05) is 24.9 Å². The Bertz CT molecular complexity index is 255. The summed E-state index contributed by atoms with van der Waals surface area (Å²) in [6, 6.07) is 0.548. The molecule has 1 unspecified atom stereocenters. The Morgan fingerprint density at radius 1 is 1.57 bits per heavy atom. The summed E-state index contributed by atoms with van der Waals surface area (Å²) in [6.07, 6.45) is 7.39. The molecule has 0 spiro atoms. The standard InChI is InChI=1S/C11H21N3/c1-4-5-11-13-8-9-14(11)10(2)6-7-12-3/h8-10,12H,4-7H2,1-3H3. The van der Waals surface area contributed by atoms with Gasteiger partial charge in [0.1, 0.15) is 5.82 Å². The summed E-state index contributed by atoms with van der Waals surface area (Å²) in [4.78, 5) is 4.38. The predicted octanol–water partition coefficient (Wildman–Crippen LogP) is 2.01. The Balaban J connectivity index is 2.58. The minimum absolute atomic E-state index is 0.548. The Morgan fingerprint density at radius 3 is 3.00 bits per heavy atom. The molecule has 0 aromatic carbocycles. The topological polar surface area (TPSA) is 29.9 Å². The molecular formula is C11H21N3. The van der Waals surface area contributed by atoms with Gasteiger partial charge in [0.25, 0.3) is 0 Å². The zero-order valence-corrected chi connectivity index (χ0v) is 9.45. The van der Waals surface area contributed by atoms with E-state index in [-0.39, 0.29) is 0 Å². The lowest BCUT2D eigenvalue weighted by Crippen LogP contribution is -2.15. The normalized spacial score (nSPS) is 13.1. The van der Waals surface area contributed by atoms with Crippen LogP contribution in [0.5, 0.6) is 0 Å². The maximum Gasteiger partial charge on any atom is 0.108 e.